The molecular formula is C22H25N3O5. The number of carbonyl (C=O) groups is 1. The van der Waals surface area contributed by atoms with Crippen LogP contribution in [0.15, 0.2) is 24.3 Å². The monoisotopic (exact) mass is 411 g/mol. The summed E-state index contributed by atoms with van der Waals surface area (Å²) in [4.78, 5) is 25.6. The molecule has 8 heteroatoms. The van der Waals surface area contributed by atoms with Crippen molar-refractivity contribution in [2.24, 2.45) is 0 Å². The molecule has 1 N–H and O–H groups in total. The molecule has 2 aliphatic rings. The third-order valence-corrected chi connectivity index (χ3v) is 5.61. The first-order valence-electron chi connectivity index (χ1n) is 10.1. The Hall–Kier alpha value is -3.13. The molecule has 0 bridgehead atoms. The average molecular weight is 411 g/mol. The minimum absolute atomic E-state index is 0.0877. The van der Waals surface area contributed by atoms with Crippen molar-refractivity contribution < 1.29 is 19.2 Å². The topological polar surface area (TPSA) is 93.9 Å². The van der Waals surface area contributed by atoms with Crippen molar-refractivity contribution in [1.29, 1.82) is 0 Å². The Labute approximate surface area is 174 Å². The van der Waals surface area contributed by atoms with Gasteiger partial charge in [-0.2, -0.15) is 0 Å². The van der Waals surface area contributed by atoms with Crippen LogP contribution in [0.2, 0.25) is 0 Å². The molecule has 2 aliphatic heterocycles. The van der Waals surface area contributed by atoms with Gasteiger partial charge in [0.1, 0.15) is 5.69 Å². The van der Waals surface area contributed by atoms with Crippen LogP contribution in [-0.4, -0.2) is 42.0 Å². The highest BCUT2D eigenvalue weighted by atomic mass is 16.6. The van der Waals surface area contributed by atoms with Gasteiger partial charge in [-0.15, -0.1) is 0 Å². The highest BCUT2D eigenvalue weighted by Crippen LogP contribution is 2.35. The number of hydrogen-bond acceptors (Lipinski definition) is 6. The molecule has 0 atom stereocenters. The highest BCUT2D eigenvalue weighted by molar-refractivity contribution is 5.94. The molecule has 0 spiro atoms. The van der Waals surface area contributed by atoms with Crippen molar-refractivity contribution in [1.82, 2.24) is 4.90 Å². The predicted molar refractivity (Wildman–Crippen MR) is 112 cm³/mol. The summed E-state index contributed by atoms with van der Waals surface area (Å²) >= 11 is 0. The highest BCUT2D eigenvalue weighted by Gasteiger charge is 2.23. The molecule has 30 heavy (non-hydrogen) atoms. The zero-order chi connectivity index (χ0) is 21.3. The van der Waals surface area contributed by atoms with E-state index >= 15 is 0 Å². The van der Waals surface area contributed by atoms with Crippen molar-refractivity contribution in [2.75, 3.05) is 31.6 Å². The summed E-state index contributed by atoms with van der Waals surface area (Å²) in [6, 6.07) is 7.21. The van der Waals surface area contributed by atoms with Crippen LogP contribution in [0.4, 0.5) is 11.4 Å². The molecule has 0 fully saturated rings. The van der Waals surface area contributed by atoms with Crippen molar-refractivity contribution in [3.8, 4) is 11.5 Å². The molecule has 2 aromatic rings. The minimum atomic E-state index is -0.465. The number of nitrogens with zero attached hydrogens (tertiary/aromatic N) is 2. The molecule has 0 saturated heterocycles. The number of nitro benzene ring substituents is 1. The number of ether oxygens (including phenoxy) is 2. The van der Waals surface area contributed by atoms with Crippen molar-refractivity contribution >= 4 is 17.3 Å². The van der Waals surface area contributed by atoms with Crippen LogP contribution in [0.25, 0.3) is 0 Å². The summed E-state index contributed by atoms with van der Waals surface area (Å²) in [5.41, 5.74) is 4.19. The van der Waals surface area contributed by atoms with Gasteiger partial charge in [0.25, 0.3) is 5.69 Å². The first kappa shape index (κ1) is 20.2. The standard InChI is InChI=1S/C22H25N3O5/c1-14-8-18(19(25(27)28)9-15(14)2)23-22(26)13-24-5-4-16-10-20-21(11-17(16)12-24)30-7-3-6-29-20/h8-11H,3-7,12-13H2,1-2H3,(H,23,26). The van der Waals surface area contributed by atoms with E-state index in [4.69, 9.17) is 9.47 Å². The van der Waals surface area contributed by atoms with E-state index in [1.165, 1.54) is 11.6 Å². The van der Waals surface area contributed by atoms with Gasteiger partial charge < -0.3 is 14.8 Å². The summed E-state index contributed by atoms with van der Waals surface area (Å²) in [5, 5.41) is 14.1. The number of carbonyl (C=O) groups excluding carboxylic acids is 1. The minimum Gasteiger partial charge on any atom is -0.490 e. The van der Waals surface area contributed by atoms with Crippen LogP contribution in [0.3, 0.4) is 0 Å². The number of nitrogens with one attached hydrogen (secondary N) is 1. The fourth-order valence-electron chi connectivity index (χ4n) is 3.85. The van der Waals surface area contributed by atoms with Gasteiger partial charge >= 0.3 is 0 Å². The SMILES string of the molecule is Cc1cc(NC(=O)CN2CCc3cc4c(cc3C2)OCCCO4)c([N+](=O)[O-])cc1C. The first-order valence-corrected chi connectivity index (χ1v) is 10.1. The van der Waals surface area contributed by atoms with Gasteiger partial charge in [0.2, 0.25) is 5.91 Å². The Morgan fingerprint density at radius 1 is 1.10 bits per heavy atom. The van der Waals surface area contributed by atoms with Gasteiger partial charge in [0, 0.05) is 25.6 Å². The second-order valence-corrected chi connectivity index (χ2v) is 7.84. The normalized spacial score (nSPS) is 15.8. The molecule has 0 saturated carbocycles. The van der Waals surface area contributed by atoms with Gasteiger partial charge in [0.15, 0.2) is 11.5 Å². The van der Waals surface area contributed by atoms with E-state index in [0.29, 0.717) is 19.8 Å². The Balaban J connectivity index is 1.45. The lowest BCUT2D eigenvalue weighted by Crippen LogP contribution is -2.37. The van der Waals surface area contributed by atoms with Crippen LogP contribution < -0.4 is 14.8 Å². The van der Waals surface area contributed by atoms with E-state index in [9.17, 15) is 14.9 Å². The van der Waals surface area contributed by atoms with E-state index in [1.807, 2.05) is 30.9 Å². The molecule has 0 aliphatic carbocycles. The number of aryl methyl sites for hydroxylation is 2. The lowest BCUT2D eigenvalue weighted by molar-refractivity contribution is -0.384. The van der Waals surface area contributed by atoms with E-state index in [-0.39, 0.29) is 23.8 Å². The molecule has 2 aromatic carbocycles. The lowest BCUT2D eigenvalue weighted by Gasteiger charge is -2.29. The van der Waals surface area contributed by atoms with E-state index < -0.39 is 4.92 Å². The van der Waals surface area contributed by atoms with E-state index in [2.05, 4.69) is 5.32 Å². The Morgan fingerprint density at radius 3 is 2.47 bits per heavy atom. The first-order chi connectivity index (χ1) is 14.4. The van der Waals surface area contributed by atoms with Crippen molar-refractivity contribution in [3.63, 3.8) is 0 Å². The lowest BCUT2D eigenvalue weighted by atomic mass is 9.99. The van der Waals surface area contributed by atoms with Crippen LogP contribution in [0.5, 0.6) is 11.5 Å². The summed E-state index contributed by atoms with van der Waals surface area (Å²) < 4.78 is 11.5. The zero-order valence-electron chi connectivity index (χ0n) is 17.2. The number of amides is 1. The van der Waals surface area contributed by atoms with Gasteiger partial charge in [-0.3, -0.25) is 19.8 Å². The van der Waals surface area contributed by atoms with Gasteiger partial charge in [-0.1, -0.05) is 0 Å². The van der Waals surface area contributed by atoms with Crippen LogP contribution in [0.1, 0.15) is 28.7 Å². The molecule has 0 radical (unpaired) electrons. The number of benzene rings is 2. The van der Waals surface area contributed by atoms with Gasteiger partial charge in [-0.25, -0.2) is 0 Å². The summed E-state index contributed by atoms with van der Waals surface area (Å²) in [6.07, 6.45) is 1.67. The Bertz CT molecular complexity index is 1000. The summed E-state index contributed by atoms with van der Waals surface area (Å²) in [6.45, 7) is 6.48. The number of fused-ring (bicyclic) bond motifs is 2. The van der Waals surface area contributed by atoms with Crippen molar-refractivity contribution in [3.05, 3.63) is 56.6 Å². The number of nitro groups is 1. The molecule has 4 rings (SSSR count). The number of anilines is 1. The summed E-state index contributed by atoms with van der Waals surface area (Å²) in [7, 11) is 0. The molecule has 8 nitrogen and oxygen atoms in total. The molecular weight excluding hydrogens is 386 g/mol. The van der Waals surface area contributed by atoms with Crippen molar-refractivity contribution in [2.45, 2.75) is 33.2 Å². The summed E-state index contributed by atoms with van der Waals surface area (Å²) in [5.74, 6) is 1.28. The quantitative estimate of drug-likeness (QED) is 0.612. The van der Waals surface area contributed by atoms with Gasteiger partial charge in [-0.05, 0) is 60.7 Å². The van der Waals surface area contributed by atoms with E-state index in [1.54, 1.807) is 6.07 Å². The smallest absolute Gasteiger partial charge is 0.293 e. The third kappa shape index (κ3) is 4.23. The third-order valence-electron chi connectivity index (χ3n) is 5.61. The zero-order valence-corrected chi connectivity index (χ0v) is 17.2. The van der Waals surface area contributed by atoms with E-state index in [0.717, 1.165) is 47.6 Å². The van der Waals surface area contributed by atoms with Crippen LogP contribution in [0, 0.1) is 24.0 Å². The number of hydrogen-bond donors (Lipinski definition) is 1. The fraction of sp³-hybridized carbons (Fsp3) is 0.409. The molecule has 1 amide bonds. The maximum absolute atomic E-state index is 12.6. The number of rotatable bonds is 4. The molecule has 2 heterocycles. The molecule has 158 valence electrons. The molecule has 0 unspecified atom stereocenters. The maximum Gasteiger partial charge on any atom is 0.293 e. The van der Waals surface area contributed by atoms with Crippen LogP contribution in [-0.2, 0) is 17.8 Å². The second-order valence-electron chi connectivity index (χ2n) is 7.84. The maximum atomic E-state index is 12.6. The second kappa shape index (κ2) is 8.31. The Morgan fingerprint density at radius 2 is 1.77 bits per heavy atom. The molecule has 0 aromatic heterocycles. The van der Waals surface area contributed by atoms with Crippen LogP contribution >= 0.6 is 0 Å². The Kier molecular flexibility index (Phi) is 5.59. The fourth-order valence-corrected chi connectivity index (χ4v) is 3.85. The largest absolute Gasteiger partial charge is 0.490 e. The predicted octanol–water partition coefficient (Wildman–Crippen LogP) is 3.37. The average Bonchev–Trinajstić information content (AvgIpc) is 2.93. The van der Waals surface area contributed by atoms with Gasteiger partial charge in [0.05, 0.1) is 24.7 Å².